The van der Waals surface area contributed by atoms with E-state index >= 15 is 0 Å². The number of H-pyrrole nitrogens is 1. The van der Waals surface area contributed by atoms with Crippen molar-refractivity contribution in [2.75, 3.05) is 0 Å². The molecule has 0 bridgehead atoms. The van der Waals surface area contributed by atoms with Crippen LogP contribution >= 0.6 is 23.2 Å². The number of nitrogens with one attached hydrogen (secondary N) is 1. The number of fused-ring (bicyclic) bond motifs is 1. The Labute approximate surface area is 217 Å². The molecule has 2 N–H and O–H groups in total. The van der Waals surface area contributed by atoms with Gasteiger partial charge in [-0.15, -0.1) is 5.10 Å². The number of aryl methyl sites for hydroxylation is 1. The second kappa shape index (κ2) is 8.91. The maximum atomic E-state index is 13.3. The Morgan fingerprint density at radius 3 is 2.78 bits per heavy atom. The number of nitrogens with zero attached hydrogens (tertiary/aromatic N) is 8. The number of halogens is 2. The lowest BCUT2D eigenvalue weighted by molar-refractivity contribution is 0.0690. The van der Waals surface area contributed by atoms with Gasteiger partial charge in [-0.1, -0.05) is 23.2 Å². The molecule has 5 aromatic rings. The van der Waals surface area contributed by atoms with Crippen LogP contribution in [0.4, 0.5) is 0 Å². The van der Waals surface area contributed by atoms with Gasteiger partial charge in [-0.2, -0.15) is 4.68 Å². The Hall–Kier alpha value is -4.42. The normalized spacial score (nSPS) is 14.6. The standard InChI is InChI=1S/C23H15Cl2N9O3/c24-12-1-2-16(33-10-27-31-32-33)13(8-12)14-9-19(35)34-17(3-4-18(34)28-14)22-29-20(21(25)30-22)11-5-6-26-15(7-11)23(36)37/h1-2,5-10,17H,3-4H2,(H,29,30)(H,36,37)/t17-/m0/s1. The van der Waals surface area contributed by atoms with Crippen LogP contribution in [0.5, 0.6) is 0 Å². The van der Waals surface area contributed by atoms with E-state index in [-0.39, 0.29) is 16.4 Å². The van der Waals surface area contributed by atoms with Crippen LogP contribution in [-0.4, -0.2) is 55.8 Å². The van der Waals surface area contributed by atoms with Gasteiger partial charge in [0.05, 0.1) is 23.1 Å². The highest BCUT2D eigenvalue weighted by molar-refractivity contribution is 6.32. The molecule has 0 spiro atoms. The summed E-state index contributed by atoms with van der Waals surface area (Å²) in [6.07, 6.45) is 3.93. The molecule has 4 aromatic heterocycles. The van der Waals surface area contributed by atoms with E-state index in [0.717, 1.165) is 0 Å². The smallest absolute Gasteiger partial charge is 0.354 e. The molecule has 1 aliphatic rings. The fourth-order valence-electron chi connectivity index (χ4n) is 4.45. The molecule has 1 aliphatic heterocycles. The van der Waals surface area contributed by atoms with Crippen molar-refractivity contribution in [1.29, 1.82) is 0 Å². The van der Waals surface area contributed by atoms with Crippen LogP contribution in [0.2, 0.25) is 10.2 Å². The number of tetrazole rings is 1. The molecular formula is C23H15Cl2N9O3. The third kappa shape index (κ3) is 4.05. The molecule has 0 fully saturated rings. The first-order valence-corrected chi connectivity index (χ1v) is 11.8. The number of aromatic carboxylic acids is 1. The van der Waals surface area contributed by atoms with Crippen LogP contribution < -0.4 is 5.56 Å². The van der Waals surface area contributed by atoms with E-state index in [1.807, 2.05) is 0 Å². The van der Waals surface area contributed by atoms with Gasteiger partial charge in [0.15, 0.2) is 5.15 Å². The van der Waals surface area contributed by atoms with Crippen LogP contribution in [0.3, 0.4) is 0 Å². The average molecular weight is 536 g/mol. The average Bonchev–Trinajstić information content (AvgIpc) is 3.64. The quantitative estimate of drug-likeness (QED) is 0.344. The molecule has 1 atom stereocenters. The van der Waals surface area contributed by atoms with Gasteiger partial charge in [0.1, 0.15) is 23.7 Å². The summed E-state index contributed by atoms with van der Waals surface area (Å²) in [6.45, 7) is 0. The van der Waals surface area contributed by atoms with Gasteiger partial charge in [0, 0.05) is 34.8 Å². The summed E-state index contributed by atoms with van der Waals surface area (Å²) in [6, 6.07) is 9.22. The SMILES string of the molecule is O=C(O)c1cc(-c2[nH]c([C@@H]3CCc4nc(-c5cc(Cl)ccc5-n5cnnn5)cc(=O)n43)nc2Cl)ccn1. The number of imidazole rings is 1. The summed E-state index contributed by atoms with van der Waals surface area (Å²) in [4.78, 5) is 40.8. The lowest BCUT2D eigenvalue weighted by Gasteiger charge is -2.14. The van der Waals surface area contributed by atoms with E-state index in [1.54, 1.807) is 28.8 Å². The molecule has 0 aliphatic carbocycles. The number of hydrogen-bond donors (Lipinski definition) is 2. The number of pyridine rings is 1. The highest BCUT2D eigenvalue weighted by Crippen LogP contribution is 2.34. The predicted octanol–water partition coefficient (Wildman–Crippen LogP) is 3.21. The summed E-state index contributed by atoms with van der Waals surface area (Å²) >= 11 is 12.6. The van der Waals surface area contributed by atoms with E-state index < -0.39 is 12.0 Å². The molecule has 184 valence electrons. The summed E-state index contributed by atoms with van der Waals surface area (Å²) in [5.74, 6) is -0.0960. The van der Waals surface area contributed by atoms with Gasteiger partial charge in [0.2, 0.25) is 0 Å². The van der Waals surface area contributed by atoms with Gasteiger partial charge in [-0.05, 0) is 47.2 Å². The van der Waals surface area contributed by atoms with Crippen molar-refractivity contribution in [3.8, 4) is 28.2 Å². The minimum atomic E-state index is -1.15. The minimum absolute atomic E-state index is 0.120. The minimum Gasteiger partial charge on any atom is -0.477 e. The molecule has 0 radical (unpaired) electrons. The summed E-state index contributed by atoms with van der Waals surface area (Å²) in [7, 11) is 0. The molecule has 37 heavy (non-hydrogen) atoms. The molecule has 1 aromatic carbocycles. The molecule has 5 heterocycles. The topological polar surface area (TPSA) is 157 Å². The number of aromatic nitrogens is 9. The predicted molar refractivity (Wildman–Crippen MR) is 132 cm³/mol. The first kappa shape index (κ1) is 23.0. The highest BCUT2D eigenvalue weighted by Gasteiger charge is 2.30. The molecule has 0 amide bonds. The molecule has 0 unspecified atom stereocenters. The van der Waals surface area contributed by atoms with Crippen molar-refractivity contribution >= 4 is 29.2 Å². The molecule has 6 rings (SSSR count). The number of aromatic amines is 1. The third-order valence-electron chi connectivity index (χ3n) is 6.07. The van der Waals surface area contributed by atoms with Crippen LogP contribution in [0.25, 0.3) is 28.2 Å². The molecule has 14 heteroatoms. The third-order valence-corrected chi connectivity index (χ3v) is 6.58. The molecular weight excluding hydrogens is 521 g/mol. The van der Waals surface area contributed by atoms with Crippen molar-refractivity contribution in [3.63, 3.8) is 0 Å². The first-order valence-electron chi connectivity index (χ1n) is 11.0. The van der Waals surface area contributed by atoms with Gasteiger partial charge in [-0.3, -0.25) is 9.36 Å². The van der Waals surface area contributed by atoms with E-state index in [0.29, 0.717) is 57.7 Å². The molecule has 0 saturated heterocycles. The fourth-order valence-corrected chi connectivity index (χ4v) is 4.87. The Morgan fingerprint density at radius 2 is 2.00 bits per heavy atom. The zero-order valence-electron chi connectivity index (χ0n) is 18.7. The fraction of sp³-hybridized carbons (Fsp3) is 0.130. The lowest BCUT2D eigenvalue weighted by atomic mass is 10.1. The van der Waals surface area contributed by atoms with Crippen LogP contribution in [0.15, 0.2) is 53.7 Å². The van der Waals surface area contributed by atoms with Gasteiger partial charge >= 0.3 is 5.97 Å². The number of rotatable bonds is 5. The Balaban J connectivity index is 1.40. The molecule has 0 saturated carbocycles. The number of carboxylic acid groups (broad SMARTS) is 1. The second-order valence-corrected chi connectivity index (χ2v) is 9.05. The summed E-state index contributed by atoms with van der Waals surface area (Å²) in [5.41, 5.74) is 2.26. The Morgan fingerprint density at radius 1 is 1.14 bits per heavy atom. The Bertz CT molecular complexity index is 1730. The van der Waals surface area contributed by atoms with E-state index in [9.17, 15) is 14.7 Å². The second-order valence-electron chi connectivity index (χ2n) is 8.26. The first-order chi connectivity index (χ1) is 17.9. The van der Waals surface area contributed by atoms with Crippen molar-refractivity contribution in [1.82, 2.24) is 44.7 Å². The zero-order chi connectivity index (χ0) is 25.7. The van der Waals surface area contributed by atoms with Crippen LogP contribution in [-0.2, 0) is 6.42 Å². The summed E-state index contributed by atoms with van der Waals surface area (Å²) < 4.78 is 3.06. The van der Waals surface area contributed by atoms with Crippen molar-refractivity contribution < 1.29 is 9.90 Å². The van der Waals surface area contributed by atoms with Crippen molar-refractivity contribution in [2.24, 2.45) is 0 Å². The van der Waals surface area contributed by atoms with E-state index in [4.69, 9.17) is 28.2 Å². The number of carbonyl (C=O) groups is 1. The van der Waals surface area contributed by atoms with Crippen molar-refractivity contribution in [3.05, 3.63) is 86.8 Å². The number of carboxylic acids is 1. The molecule has 12 nitrogen and oxygen atoms in total. The lowest BCUT2D eigenvalue weighted by Crippen LogP contribution is -2.25. The Kier molecular flexibility index (Phi) is 5.54. The zero-order valence-corrected chi connectivity index (χ0v) is 20.2. The maximum absolute atomic E-state index is 13.3. The van der Waals surface area contributed by atoms with Gasteiger partial charge in [0.25, 0.3) is 5.56 Å². The summed E-state index contributed by atoms with van der Waals surface area (Å²) in [5, 5.41) is 21.2. The number of benzene rings is 1. The monoisotopic (exact) mass is 535 g/mol. The highest BCUT2D eigenvalue weighted by atomic mass is 35.5. The van der Waals surface area contributed by atoms with Crippen molar-refractivity contribution in [2.45, 2.75) is 18.9 Å². The van der Waals surface area contributed by atoms with E-state index in [1.165, 1.54) is 29.3 Å². The largest absolute Gasteiger partial charge is 0.477 e. The van der Waals surface area contributed by atoms with E-state index in [2.05, 4.69) is 30.5 Å². The maximum Gasteiger partial charge on any atom is 0.354 e. The van der Waals surface area contributed by atoms with Gasteiger partial charge < -0.3 is 10.1 Å². The van der Waals surface area contributed by atoms with Crippen LogP contribution in [0.1, 0.15) is 34.6 Å². The van der Waals surface area contributed by atoms with Crippen LogP contribution in [0, 0.1) is 0 Å². The number of hydrogen-bond acceptors (Lipinski definition) is 8. The van der Waals surface area contributed by atoms with Gasteiger partial charge in [-0.25, -0.2) is 19.7 Å².